The van der Waals surface area contributed by atoms with Crippen molar-refractivity contribution < 1.29 is 8.42 Å². The summed E-state index contributed by atoms with van der Waals surface area (Å²) in [4.78, 5) is -0.0257. The molecule has 1 aromatic carbocycles. The molecule has 6 heteroatoms. The first-order valence-electron chi connectivity index (χ1n) is 4.81. The highest BCUT2D eigenvalue weighted by Crippen LogP contribution is 2.30. The SMILES string of the molecule is CCC(N)CS(=O)(=O)c1c(Cl)cccc1Cl. The lowest BCUT2D eigenvalue weighted by molar-refractivity contribution is 0.584. The van der Waals surface area contributed by atoms with Crippen molar-refractivity contribution in [1.82, 2.24) is 0 Å². The van der Waals surface area contributed by atoms with Crippen molar-refractivity contribution in [2.24, 2.45) is 5.73 Å². The number of rotatable bonds is 4. The van der Waals surface area contributed by atoms with Crippen molar-refractivity contribution in [1.29, 1.82) is 0 Å². The molecular weight excluding hydrogens is 269 g/mol. The van der Waals surface area contributed by atoms with Gasteiger partial charge in [0.05, 0.1) is 15.8 Å². The summed E-state index contributed by atoms with van der Waals surface area (Å²) in [5, 5.41) is 0.270. The van der Waals surface area contributed by atoms with Crippen molar-refractivity contribution in [3.05, 3.63) is 28.2 Å². The number of nitrogens with two attached hydrogens (primary N) is 1. The molecule has 90 valence electrons. The number of sulfone groups is 1. The molecule has 3 nitrogen and oxygen atoms in total. The van der Waals surface area contributed by atoms with E-state index in [0.29, 0.717) is 6.42 Å². The average Bonchev–Trinajstić information content (AvgIpc) is 2.16. The Kier molecular flexibility index (Phi) is 4.62. The fraction of sp³-hybridized carbons (Fsp3) is 0.400. The first-order valence-corrected chi connectivity index (χ1v) is 7.21. The summed E-state index contributed by atoms with van der Waals surface area (Å²) in [6.45, 7) is 1.83. The lowest BCUT2D eigenvalue weighted by Gasteiger charge is -2.12. The Labute approximate surface area is 105 Å². The second kappa shape index (κ2) is 5.36. The van der Waals surface area contributed by atoms with E-state index in [1.165, 1.54) is 12.1 Å². The molecule has 1 atom stereocenters. The molecule has 1 unspecified atom stereocenters. The largest absolute Gasteiger partial charge is 0.327 e. The van der Waals surface area contributed by atoms with Crippen LogP contribution in [0.2, 0.25) is 10.0 Å². The minimum atomic E-state index is -3.52. The van der Waals surface area contributed by atoms with Gasteiger partial charge >= 0.3 is 0 Å². The van der Waals surface area contributed by atoms with E-state index in [1.54, 1.807) is 6.07 Å². The molecule has 0 spiro atoms. The molecule has 16 heavy (non-hydrogen) atoms. The predicted octanol–water partition coefficient (Wildman–Crippen LogP) is 2.50. The van der Waals surface area contributed by atoms with Gasteiger partial charge in [-0.05, 0) is 18.6 Å². The van der Waals surface area contributed by atoms with Crippen molar-refractivity contribution in [3.63, 3.8) is 0 Å². The van der Waals surface area contributed by atoms with Gasteiger partial charge in [-0.25, -0.2) is 8.42 Å². The van der Waals surface area contributed by atoms with Gasteiger partial charge in [0.15, 0.2) is 9.84 Å². The maximum absolute atomic E-state index is 12.0. The maximum atomic E-state index is 12.0. The topological polar surface area (TPSA) is 60.2 Å². The van der Waals surface area contributed by atoms with E-state index in [0.717, 1.165) is 0 Å². The summed E-state index contributed by atoms with van der Waals surface area (Å²) >= 11 is 11.7. The zero-order valence-electron chi connectivity index (χ0n) is 8.78. The second-order valence-corrected chi connectivity index (χ2v) is 6.29. The quantitative estimate of drug-likeness (QED) is 0.923. The zero-order chi connectivity index (χ0) is 12.3. The van der Waals surface area contributed by atoms with Crippen LogP contribution in [0.25, 0.3) is 0 Å². The van der Waals surface area contributed by atoms with Crippen molar-refractivity contribution >= 4 is 33.0 Å². The van der Waals surface area contributed by atoms with E-state index in [4.69, 9.17) is 28.9 Å². The molecule has 0 radical (unpaired) electrons. The highest BCUT2D eigenvalue weighted by atomic mass is 35.5. The van der Waals surface area contributed by atoms with Crippen molar-refractivity contribution in [2.75, 3.05) is 5.75 Å². The minimum Gasteiger partial charge on any atom is -0.327 e. The van der Waals surface area contributed by atoms with Gasteiger partial charge in [-0.1, -0.05) is 36.2 Å². The maximum Gasteiger partial charge on any atom is 0.182 e. The van der Waals surface area contributed by atoms with Gasteiger partial charge in [-0.2, -0.15) is 0 Å². The van der Waals surface area contributed by atoms with Crippen LogP contribution < -0.4 is 5.73 Å². The summed E-state index contributed by atoms with van der Waals surface area (Å²) in [6.07, 6.45) is 0.585. The van der Waals surface area contributed by atoms with Crippen molar-refractivity contribution in [2.45, 2.75) is 24.3 Å². The minimum absolute atomic E-state index is 0.0257. The van der Waals surface area contributed by atoms with Gasteiger partial charge in [0.2, 0.25) is 0 Å². The molecule has 1 rings (SSSR count). The van der Waals surface area contributed by atoms with Crippen LogP contribution in [0, 0.1) is 0 Å². The summed E-state index contributed by atoms with van der Waals surface area (Å²) in [7, 11) is -3.52. The van der Waals surface area contributed by atoms with E-state index in [1.807, 2.05) is 6.92 Å². The molecule has 0 bridgehead atoms. The molecule has 0 saturated heterocycles. The Morgan fingerprint density at radius 3 is 2.25 bits per heavy atom. The normalized spacial score (nSPS) is 13.8. The molecule has 2 N–H and O–H groups in total. The summed E-state index contributed by atoms with van der Waals surface area (Å²) in [5.74, 6) is -0.146. The van der Waals surface area contributed by atoms with Gasteiger partial charge in [0.25, 0.3) is 0 Å². The van der Waals surface area contributed by atoms with Crippen LogP contribution in [0.15, 0.2) is 23.1 Å². The van der Waals surface area contributed by atoms with Gasteiger partial charge in [0, 0.05) is 6.04 Å². The fourth-order valence-electron chi connectivity index (χ4n) is 1.26. The van der Waals surface area contributed by atoms with Gasteiger partial charge in [-0.3, -0.25) is 0 Å². The van der Waals surface area contributed by atoms with Gasteiger partial charge < -0.3 is 5.73 Å². The van der Waals surface area contributed by atoms with E-state index in [9.17, 15) is 8.42 Å². The molecular formula is C10H13Cl2NO2S. The second-order valence-electron chi connectivity index (χ2n) is 3.50. The number of benzene rings is 1. The van der Waals surface area contributed by atoms with E-state index in [-0.39, 0.29) is 20.7 Å². The molecule has 0 heterocycles. The number of halogens is 2. The van der Waals surface area contributed by atoms with Crippen molar-refractivity contribution in [3.8, 4) is 0 Å². The van der Waals surface area contributed by atoms with Crippen LogP contribution in [0.3, 0.4) is 0 Å². The molecule has 0 amide bonds. The Balaban J connectivity index is 3.17. The lowest BCUT2D eigenvalue weighted by Crippen LogP contribution is -2.29. The summed E-state index contributed by atoms with van der Waals surface area (Å²) < 4.78 is 24.0. The molecule has 0 aliphatic carbocycles. The van der Waals surface area contributed by atoms with E-state index in [2.05, 4.69) is 0 Å². The van der Waals surface area contributed by atoms with Crippen LogP contribution in [-0.4, -0.2) is 20.2 Å². The first kappa shape index (κ1) is 13.8. The molecule has 0 fully saturated rings. The third-order valence-corrected chi connectivity index (χ3v) is 4.97. The average molecular weight is 282 g/mol. The van der Waals surface area contributed by atoms with Crippen LogP contribution in [-0.2, 0) is 9.84 Å². The van der Waals surface area contributed by atoms with Crippen LogP contribution in [0.1, 0.15) is 13.3 Å². The molecule has 0 aliphatic heterocycles. The first-order chi connectivity index (χ1) is 7.38. The molecule has 0 aromatic heterocycles. The van der Waals surface area contributed by atoms with E-state index >= 15 is 0 Å². The molecule has 1 aromatic rings. The lowest BCUT2D eigenvalue weighted by atomic mass is 10.3. The Morgan fingerprint density at radius 1 is 1.31 bits per heavy atom. The Hall–Kier alpha value is -0.290. The third-order valence-electron chi connectivity index (χ3n) is 2.19. The smallest absolute Gasteiger partial charge is 0.182 e. The van der Waals surface area contributed by atoms with Gasteiger partial charge in [0.1, 0.15) is 4.90 Å². The standard InChI is InChI=1S/C10H13Cl2NO2S/c1-2-7(13)6-16(14,15)10-8(11)4-3-5-9(10)12/h3-5,7H,2,6,13H2,1H3. The highest BCUT2D eigenvalue weighted by Gasteiger charge is 2.23. The van der Waals surface area contributed by atoms with Gasteiger partial charge in [-0.15, -0.1) is 0 Å². The number of hydrogen-bond donors (Lipinski definition) is 1. The molecule has 0 saturated carbocycles. The third kappa shape index (κ3) is 3.10. The predicted molar refractivity (Wildman–Crippen MR) is 66.8 cm³/mol. The highest BCUT2D eigenvalue weighted by molar-refractivity contribution is 7.91. The fourth-order valence-corrected chi connectivity index (χ4v) is 4.06. The zero-order valence-corrected chi connectivity index (χ0v) is 11.1. The van der Waals surface area contributed by atoms with Crippen LogP contribution in [0.4, 0.5) is 0 Å². The Morgan fingerprint density at radius 2 is 1.81 bits per heavy atom. The van der Waals surface area contributed by atoms with Crippen LogP contribution in [0.5, 0.6) is 0 Å². The Bertz CT molecular complexity index is 453. The summed E-state index contributed by atoms with van der Waals surface area (Å²) in [5.41, 5.74) is 5.63. The monoisotopic (exact) mass is 281 g/mol. The molecule has 0 aliphatic rings. The van der Waals surface area contributed by atoms with Crippen LogP contribution >= 0.6 is 23.2 Å². The number of hydrogen-bond acceptors (Lipinski definition) is 3. The summed E-state index contributed by atoms with van der Waals surface area (Å²) in [6, 6.07) is 4.19. The van der Waals surface area contributed by atoms with E-state index < -0.39 is 15.9 Å².